The molecule has 1 aliphatic rings. The van der Waals surface area contributed by atoms with Crippen LogP contribution in [-0.4, -0.2) is 12.5 Å². The van der Waals surface area contributed by atoms with Gasteiger partial charge in [0.25, 0.3) is 0 Å². The second-order valence-electron chi connectivity index (χ2n) is 5.40. The standard InChI is InChI=1S/C16H19N3O2/c1-11-4-6-14-12(9-11)3-2-8-19(14)10-13-5-7-15(21-13)16(20)18-17/h4-7,9H,2-3,8,10,17H2,1H3,(H,18,20). The fraction of sp³-hybridized carbons (Fsp3) is 0.312. The van der Waals surface area contributed by atoms with E-state index in [4.69, 9.17) is 10.3 Å². The van der Waals surface area contributed by atoms with E-state index in [1.165, 1.54) is 16.8 Å². The summed E-state index contributed by atoms with van der Waals surface area (Å²) in [5.41, 5.74) is 6.00. The van der Waals surface area contributed by atoms with Crippen molar-refractivity contribution in [1.82, 2.24) is 5.43 Å². The first-order chi connectivity index (χ1) is 10.2. The van der Waals surface area contributed by atoms with Crippen LogP contribution in [0.1, 0.15) is 33.9 Å². The van der Waals surface area contributed by atoms with E-state index < -0.39 is 5.91 Å². The van der Waals surface area contributed by atoms with E-state index in [2.05, 4.69) is 35.4 Å². The summed E-state index contributed by atoms with van der Waals surface area (Å²) in [6, 6.07) is 10.0. The number of hydrogen-bond donors (Lipinski definition) is 2. The summed E-state index contributed by atoms with van der Waals surface area (Å²) >= 11 is 0. The molecule has 0 bridgehead atoms. The normalized spacial score (nSPS) is 13.9. The monoisotopic (exact) mass is 285 g/mol. The highest BCUT2D eigenvalue weighted by atomic mass is 16.4. The van der Waals surface area contributed by atoms with Gasteiger partial charge >= 0.3 is 5.91 Å². The lowest BCUT2D eigenvalue weighted by molar-refractivity contribution is 0.0924. The van der Waals surface area contributed by atoms with Crippen molar-refractivity contribution >= 4 is 11.6 Å². The average Bonchev–Trinajstić information content (AvgIpc) is 2.95. The Labute approximate surface area is 123 Å². The minimum atomic E-state index is -0.407. The fourth-order valence-corrected chi connectivity index (χ4v) is 2.81. The first kappa shape index (κ1) is 13.7. The summed E-state index contributed by atoms with van der Waals surface area (Å²) < 4.78 is 5.54. The molecule has 2 heterocycles. The minimum Gasteiger partial charge on any atom is -0.454 e. The Bertz CT molecular complexity index is 663. The number of nitrogens with two attached hydrogens (primary N) is 1. The Kier molecular flexibility index (Phi) is 3.66. The predicted molar refractivity (Wildman–Crippen MR) is 80.9 cm³/mol. The third kappa shape index (κ3) is 2.78. The van der Waals surface area contributed by atoms with Crippen molar-refractivity contribution in [2.45, 2.75) is 26.3 Å². The predicted octanol–water partition coefficient (Wildman–Crippen LogP) is 2.14. The van der Waals surface area contributed by atoms with Crippen molar-refractivity contribution in [1.29, 1.82) is 0 Å². The molecule has 2 aromatic rings. The zero-order valence-electron chi connectivity index (χ0n) is 12.1. The van der Waals surface area contributed by atoms with Gasteiger partial charge < -0.3 is 9.32 Å². The van der Waals surface area contributed by atoms with Crippen LogP contribution < -0.4 is 16.2 Å². The smallest absolute Gasteiger partial charge is 0.300 e. The van der Waals surface area contributed by atoms with Gasteiger partial charge in [-0.05, 0) is 43.5 Å². The van der Waals surface area contributed by atoms with E-state index in [1.807, 2.05) is 6.07 Å². The van der Waals surface area contributed by atoms with E-state index in [1.54, 1.807) is 6.07 Å². The van der Waals surface area contributed by atoms with Crippen LogP contribution in [0.15, 0.2) is 34.7 Å². The van der Waals surface area contributed by atoms with Gasteiger partial charge in [0.05, 0.1) is 6.54 Å². The number of aryl methyl sites for hydroxylation is 2. The Morgan fingerprint density at radius 3 is 3.05 bits per heavy atom. The number of rotatable bonds is 3. The maximum Gasteiger partial charge on any atom is 0.300 e. The number of benzene rings is 1. The number of nitrogens with one attached hydrogen (secondary N) is 1. The van der Waals surface area contributed by atoms with Gasteiger partial charge in [-0.15, -0.1) is 0 Å². The molecule has 3 N–H and O–H groups in total. The zero-order valence-corrected chi connectivity index (χ0v) is 12.1. The van der Waals surface area contributed by atoms with Crippen molar-refractivity contribution in [3.05, 3.63) is 53.0 Å². The number of nitrogen functional groups attached to an aromatic ring is 1. The number of hydrogen-bond acceptors (Lipinski definition) is 4. The topological polar surface area (TPSA) is 71.5 Å². The lowest BCUT2D eigenvalue weighted by Gasteiger charge is -2.30. The molecule has 0 spiro atoms. The third-order valence-corrected chi connectivity index (χ3v) is 3.81. The number of anilines is 1. The maximum atomic E-state index is 11.4. The highest BCUT2D eigenvalue weighted by Gasteiger charge is 2.19. The number of fused-ring (bicyclic) bond motifs is 1. The molecule has 0 fully saturated rings. The van der Waals surface area contributed by atoms with Gasteiger partial charge in [-0.25, -0.2) is 5.84 Å². The van der Waals surface area contributed by atoms with E-state index in [0.717, 1.165) is 25.1 Å². The van der Waals surface area contributed by atoms with Crippen LogP contribution in [0.2, 0.25) is 0 Å². The lowest BCUT2D eigenvalue weighted by Crippen LogP contribution is -2.30. The molecule has 3 rings (SSSR count). The minimum absolute atomic E-state index is 0.244. The van der Waals surface area contributed by atoms with Gasteiger partial charge in [0.2, 0.25) is 0 Å². The van der Waals surface area contributed by atoms with Crippen molar-refractivity contribution in [3.8, 4) is 0 Å². The average molecular weight is 285 g/mol. The lowest BCUT2D eigenvalue weighted by atomic mass is 9.99. The molecule has 1 aromatic heterocycles. The number of carbonyl (C=O) groups is 1. The molecule has 5 heteroatoms. The van der Waals surface area contributed by atoms with Crippen molar-refractivity contribution in [2.75, 3.05) is 11.4 Å². The summed E-state index contributed by atoms with van der Waals surface area (Å²) in [5, 5.41) is 0. The molecule has 0 unspecified atom stereocenters. The van der Waals surface area contributed by atoms with E-state index in [0.29, 0.717) is 6.54 Å². The van der Waals surface area contributed by atoms with Crippen LogP contribution >= 0.6 is 0 Å². The summed E-state index contributed by atoms with van der Waals surface area (Å²) in [7, 11) is 0. The molecule has 21 heavy (non-hydrogen) atoms. The van der Waals surface area contributed by atoms with E-state index in [-0.39, 0.29) is 5.76 Å². The third-order valence-electron chi connectivity index (χ3n) is 3.81. The van der Waals surface area contributed by atoms with Crippen molar-refractivity contribution in [2.24, 2.45) is 5.84 Å². The maximum absolute atomic E-state index is 11.4. The molecule has 0 radical (unpaired) electrons. The summed E-state index contributed by atoms with van der Waals surface area (Å²) in [6.45, 7) is 3.77. The Morgan fingerprint density at radius 1 is 1.38 bits per heavy atom. The molecule has 1 aromatic carbocycles. The van der Waals surface area contributed by atoms with Crippen LogP contribution in [0.3, 0.4) is 0 Å². The zero-order chi connectivity index (χ0) is 14.8. The van der Waals surface area contributed by atoms with Gasteiger partial charge in [-0.3, -0.25) is 10.2 Å². The van der Waals surface area contributed by atoms with Crippen LogP contribution in [0.4, 0.5) is 5.69 Å². The van der Waals surface area contributed by atoms with Gasteiger partial charge in [-0.1, -0.05) is 17.7 Å². The fourth-order valence-electron chi connectivity index (χ4n) is 2.81. The molecule has 1 amide bonds. The van der Waals surface area contributed by atoms with Crippen molar-refractivity contribution in [3.63, 3.8) is 0 Å². The summed E-state index contributed by atoms with van der Waals surface area (Å²) in [4.78, 5) is 13.7. The number of nitrogens with zero attached hydrogens (tertiary/aromatic N) is 1. The van der Waals surface area contributed by atoms with Gasteiger partial charge in [0, 0.05) is 12.2 Å². The molecule has 1 aliphatic heterocycles. The summed E-state index contributed by atoms with van der Waals surface area (Å²) in [5.74, 6) is 5.71. The number of carbonyl (C=O) groups excluding carboxylic acids is 1. The van der Waals surface area contributed by atoms with E-state index >= 15 is 0 Å². The molecular formula is C16H19N3O2. The first-order valence-corrected chi connectivity index (χ1v) is 7.11. The Hall–Kier alpha value is -2.27. The second-order valence-corrected chi connectivity index (χ2v) is 5.40. The molecule has 5 nitrogen and oxygen atoms in total. The SMILES string of the molecule is Cc1ccc2c(c1)CCCN2Cc1ccc(C(=O)NN)o1. The number of amides is 1. The Morgan fingerprint density at radius 2 is 2.24 bits per heavy atom. The van der Waals surface area contributed by atoms with Crippen LogP contribution in [-0.2, 0) is 13.0 Å². The van der Waals surface area contributed by atoms with Crippen LogP contribution in [0.25, 0.3) is 0 Å². The summed E-state index contributed by atoms with van der Waals surface area (Å²) in [6.07, 6.45) is 2.25. The van der Waals surface area contributed by atoms with Crippen LogP contribution in [0.5, 0.6) is 0 Å². The quantitative estimate of drug-likeness (QED) is 0.515. The van der Waals surface area contributed by atoms with E-state index in [9.17, 15) is 4.79 Å². The molecule has 0 saturated heterocycles. The molecular weight excluding hydrogens is 266 g/mol. The van der Waals surface area contributed by atoms with Gasteiger partial charge in [0.1, 0.15) is 5.76 Å². The number of hydrazine groups is 1. The second kappa shape index (κ2) is 5.61. The number of furan rings is 1. The van der Waals surface area contributed by atoms with Gasteiger partial charge in [0.15, 0.2) is 5.76 Å². The van der Waals surface area contributed by atoms with Crippen LogP contribution in [0, 0.1) is 6.92 Å². The van der Waals surface area contributed by atoms with Crippen molar-refractivity contribution < 1.29 is 9.21 Å². The molecule has 0 atom stereocenters. The molecule has 0 aliphatic carbocycles. The highest BCUT2D eigenvalue weighted by molar-refractivity contribution is 5.90. The molecule has 110 valence electrons. The molecule has 0 saturated carbocycles. The highest BCUT2D eigenvalue weighted by Crippen LogP contribution is 2.29. The largest absolute Gasteiger partial charge is 0.454 e. The van der Waals surface area contributed by atoms with Gasteiger partial charge in [-0.2, -0.15) is 0 Å². The Balaban J connectivity index is 1.80. The first-order valence-electron chi connectivity index (χ1n) is 7.11.